The highest BCUT2D eigenvalue weighted by atomic mass is 16.2. The highest BCUT2D eigenvalue weighted by molar-refractivity contribution is 5.83. The number of amides is 1. The van der Waals surface area contributed by atoms with Crippen LogP contribution in [0.25, 0.3) is 0 Å². The van der Waals surface area contributed by atoms with Crippen molar-refractivity contribution in [1.82, 2.24) is 20.1 Å². The molecule has 0 aliphatic carbocycles. The summed E-state index contributed by atoms with van der Waals surface area (Å²) < 4.78 is 0. The third-order valence-corrected chi connectivity index (χ3v) is 5.35. The van der Waals surface area contributed by atoms with Gasteiger partial charge in [-0.3, -0.25) is 14.7 Å². The summed E-state index contributed by atoms with van der Waals surface area (Å²) in [6.07, 6.45) is 9.45. The maximum atomic E-state index is 13.4. The molecule has 0 spiro atoms. The van der Waals surface area contributed by atoms with E-state index in [0.717, 1.165) is 57.5 Å². The van der Waals surface area contributed by atoms with Crippen molar-refractivity contribution in [2.75, 3.05) is 32.7 Å². The molecule has 2 unspecified atom stereocenters. The van der Waals surface area contributed by atoms with Gasteiger partial charge in [0.2, 0.25) is 5.91 Å². The normalized spacial score (nSPS) is 24.4. The molecule has 2 saturated heterocycles. The highest BCUT2D eigenvalue weighted by Crippen LogP contribution is 2.28. The maximum absolute atomic E-state index is 13.4. The third kappa shape index (κ3) is 3.95. The van der Waals surface area contributed by atoms with Crippen molar-refractivity contribution in [3.05, 3.63) is 30.1 Å². The predicted octanol–water partition coefficient (Wildman–Crippen LogP) is 2.21. The fourth-order valence-corrected chi connectivity index (χ4v) is 3.97. The Bertz CT molecular complexity index is 513. The second-order valence-electron chi connectivity index (χ2n) is 6.93. The van der Waals surface area contributed by atoms with E-state index in [2.05, 4.69) is 33.1 Å². The maximum Gasteiger partial charge on any atom is 0.244 e. The molecular weight excluding hydrogens is 300 g/mol. The number of carbonyl (C=O) groups is 1. The van der Waals surface area contributed by atoms with Gasteiger partial charge in [0.25, 0.3) is 0 Å². The van der Waals surface area contributed by atoms with Crippen LogP contribution < -0.4 is 5.32 Å². The third-order valence-electron chi connectivity index (χ3n) is 5.35. The van der Waals surface area contributed by atoms with Gasteiger partial charge in [-0.05, 0) is 30.9 Å². The lowest BCUT2D eigenvalue weighted by Gasteiger charge is -2.42. The number of piperazine rings is 1. The topological polar surface area (TPSA) is 48.5 Å². The van der Waals surface area contributed by atoms with E-state index in [1.807, 2.05) is 12.3 Å². The Kier molecular flexibility index (Phi) is 6.21. The number of carbonyl (C=O) groups excluding carboxylic acids is 1. The van der Waals surface area contributed by atoms with Crippen LogP contribution in [-0.2, 0) is 4.79 Å². The molecule has 2 aliphatic rings. The fourth-order valence-electron chi connectivity index (χ4n) is 3.97. The summed E-state index contributed by atoms with van der Waals surface area (Å²) in [4.78, 5) is 22.2. The first-order valence-electron chi connectivity index (χ1n) is 9.46. The zero-order valence-electron chi connectivity index (χ0n) is 14.8. The van der Waals surface area contributed by atoms with E-state index < -0.39 is 0 Å². The van der Waals surface area contributed by atoms with Crippen molar-refractivity contribution in [2.24, 2.45) is 0 Å². The minimum Gasteiger partial charge on any atom is -0.341 e. The lowest BCUT2D eigenvalue weighted by Crippen LogP contribution is -2.55. The molecule has 1 N–H and O–H groups in total. The van der Waals surface area contributed by atoms with Crippen LogP contribution in [0.1, 0.15) is 50.6 Å². The smallest absolute Gasteiger partial charge is 0.244 e. The number of pyridine rings is 1. The van der Waals surface area contributed by atoms with Gasteiger partial charge in [-0.15, -0.1) is 0 Å². The van der Waals surface area contributed by atoms with Crippen molar-refractivity contribution in [3.8, 4) is 0 Å². The average molecular weight is 330 g/mol. The van der Waals surface area contributed by atoms with E-state index in [1.54, 1.807) is 6.20 Å². The molecule has 1 amide bonds. The Balaban J connectivity index is 1.87. The number of hydrogen-bond donors (Lipinski definition) is 1. The van der Waals surface area contributed by atoms with Crippen LogP contribution in [0.3, 0.4) is 0 Å². The lowest BCUT2D eigenvalue weighted by atomic mass is 10.0. The molecule has 0 aromatic carbocycles. The minimum atomic E-state index is -0.191. The first-order chi connectivity index (χ1) is 11.8. The van der Waals surface area contributed by atoms with Crippen molar-refractivity contribution in [2.45, 2.75) is 51.1 Å². The number of aromatic nitrogens is 1. The summed E-state index contributed by atoms with van der Waals surface area (Å²) in [5.74, 6) is 0.269. The average Bonchev–Trinajstić information content (AvgIpc) is 2.92. The molecule has 5 heteroatoms. The molecule has 2 fully saturated rings. The lowest BCUT2D eigenvalue weighted by molar-refractivity contribution is -0.138. The zero-order valence-corrected chi connectivity index (χ0v) is 14.8. The van der Waals surface area contributed by atoms with Gasteiger partial charge in [-0.2, -0.15) is 0 Å². The van der Waals surface area contributed by atoms with Crippen LogP contribution >= 0.6 is 0 Å². The largest absolute Gasteiger partial charge is 0.341 e. The monoisotopic (exact) mass is 330 g/mol. The summed E-state index contributed by atoms with van der Waals surface area (Å²) in [5, 5.41) is 3.47. The number of hydrogen-bond acceptors (Lipinski definition) is 4. The van der Waals surface area contributed by atoms with Crippen molar-refractivity contribution < 1.29 is 4.79 Å². The Hall–Kier alpha value is -1.46. The minimum absolute atomic E-state index is 0.191. The van der Waals surface area contributed by atoms with Gasteiger partial charge in [0.15, 0.2) is 0 Å². The van der Waals surface area contributed by atoms with Gasteiger partial charge >= 0.3 is 0 Å². The summed E-state index contributed by atoms with van der Waals surface area (Å²) in [6.45, 7) is 6.83. The van der Waals surface area contributed by atoms with Gasteiger partial charge in [0, 0.05) is 51.2 Å². The van der Waals surface area contributed by atoms with Crippen LogP contribution in [0.4, 0.5) is 0 Å². The van der Waals surface area contributed by atoms with E-state index in [4.69, 9.17) is 0 Å². The molecule has 2 atom stereocenters. The standard InChI is InChI=1S/C19H30N4O/c1-2-17-15-21-10-13-23(17)18(16-8-7-9-20-14-16)19(24)22-11-5-3-4-6-12-22/h7-9,14,17-18,21H,2-6,10-13,15H2,1H3. The first kappa shape index (κ1) is 17.4. The van der Waals surface area contributed by atoms with Crippen LogP contribution in [0, 0.1) is 0 Å². The van der Waals surface area contributed by atoms with Gasteiger partial charge in [0.1, 0.15) is 6.04 Å². The second kappa shape index (κ2) is 8.58. The summed E-state index contributed by atoms with van der Waals surface area (Å²) in [6, 6.07) is 4.22. The number of nitrogens with one attached hydrogen (secondary N) is 1. The predicted molar refractivity (Wildman–Crippen MR) is 95.7 cm³/mol. The molecule has 1 aromatic rings. The summed E-state index contributed by atoms with van der Waals surface area (Å²) >= 11 is 0. The van der Waals surface area contributed by atoms with Crippen molar-refractivity contribution in [1.29, 1.82) is 0 Å². The van der Waals surface area contributed by atoms with Gasteiger partial charge < -0.3 is 10.2 Å². The Labute approximate surface area is 145 Å². The second-order valence-corrected chi connectivity index (χ2v) is 6.93. The zero-order chi connectivity index (χ0) is 16.8. The summed E-state index contributed by atoms with van der Waals surface area (Å²) in [5.41, 5.74) is 1.03. The molecule has 0 saturated carbocycles. The molecule has 24 heavy (non-hydrogen) atoms. The molecular formula is C19H30N4O. The molecule has 0 bridgehead atoms. The quantitative estimate of drug-likeness (QED) is 0.919. The molecule has 2 aliphatic heterocycles. The van der Waals surface area contributed by atoms with Gasteiger partial charge in [-0.1, -0.05) is 25.8 Å². The SMILES string of the molecule is CCC1CNCCN1C(C(=O)N1CCCCCC1)c1cccnc1. The molecule has 0 radical (unpaired) electrons. The molecule has 5 nitrogen and oxygen atoms in total. The van der Waals surface area contributed by atoms with Crippen molar-refractivity contribution >= 4 is 5.91 Å². The van der Waals surface area contributed by atoms with Crippen LogP contribution in [-0.4, -0.2) is 59.5 Å². The Morgan fingerprint density at radius 2 is 2.08 bits per heavy atom. The molecule has 3 rings (SSSR count). The van der Waals surface area contributed by atoms with Crippen LogP contribution in [0.15, 0.2) is 24.5 Å². The van der Waals surface area contributed by atoms with E-state index in [1.165, 1.54) is 12.8 Å². The molecule has 132 valence electrons. The van der Waals surface area contributed by atoms with E-state index >= 15 is 0 Å². The van der Waals surface area contributed by atoms with Gasteiger partial charge in [0.05, 0.1) is 0 Å². The van der Waals surface area contributed by atoms with E-state index in [0.29, 0.717) is 6.04 Å². The number of nitrogens with zero attached hydrogens (tertiary/aromatic N) is 3. The molecule has 3 heterocycles. The number of rotatable bonds is 4. The fraction of sp³-hybridized carbons (Fsp3) is 0.684. The van der Waals surface area contributed by atoms with Crippen molar-refractivity contribution in [3.63, 3.8) is 0 Å². The van der Waals surface area contributed by atoms with E-state index in [9.17, 15) is 4.79 Å². The van der Waals surface area contributed by atoms with Crippen LogP contribution in [0.5, 0.6) is 0 Å². The van der Waals surface area contributed by atoms with Crippen LogP contribution in [0.2, 0.25) is 0 Å². The molecule has 1 aromatic heterocycles. The summed E-state index contributed by atoms with van der Waals surface area (Å²) in [7, 11) is 0. The Morgan fingerprint density at radius 3 is 2.75 bits per heavy atom. The van der Waals surface area contributed by atoms with Gasteiger partial charge in [-0.25, -0.2) is 0 Å². The Morgan fingerprint density at radius 1 is 1.29 bits per heavy atom. The highest BCUT2D eigenvalue weighted by Gasteiger charge is 2.36. The van der Waals surface area contributed by atoms with E-state index in [-0.39, 0.29) is 11.9 Å². The first-order valence-corrected chi connectivity index (χ1v) is 9.46. The number of likely N-dealkylation sites (tertiary alicyclic amines) is 1.